The van der Waals surface area contributed by atoms with Gasteiger partial charge in [-0.25, -0.2) is 4.79 Å². The van der Waals surface area contributed by atoms with Crippen molar-refractivity contribution in [2.75, 3.05) is 24.6 Å². The topological polar surface area (TPSA) is 66.8 Å². The van der Waals surface area contributed by atoms with Crippen LogP contribution in [0.5, 0.6) is 5.75 Å². The van der Waals surface area contributed by atoms with Crippen molar-refractivity contribution in [3.05, 3.63) is 59.2 Å². The molecule has 1 saturated heterocycles. The zero-order chi connectivity index (χ0) is 20.3. The number of ketones is 1. The highest BCUT2D eigenvalue weighted by Crippen LogP contribution is 2.34. The highest BCUT2D eigenvalue weighted by molar-refractivity contribution is 5.98. The fourth-order valence-electron chi connectivity index (χ4n) is 3.47. The molecule has 1 aliphatic heterocycles. The number of hydrogen-bond acceptors (Lipinski definition) is 4. The lowest BCUT2D eigenvalue weighted by atomic mass is 9.84. The molecule has 1 aliphatic rings. The molecule has 5 nitrogen and oxygen atoms in total. The van der Waals surface area contributed by atoms with Crippen LogP contribution in [0.4, 0.5) is 5.69 Å². The number of carboxylic acid groups (broad SMARTS) is 1. The van der Waals surface area contributed by atoms with Gasteiger partial charge >= 0.3 is 5.97 Å². The summed E-state index contributed by atoms with van der Waals surface area (Å²) in [5.41, 5.74) is 3.14. The van der Waals surface area contributed by atoms with Crippen molar-refractivity contribution in [2.24, 2.45) is 0 Å². The lowest BCUT2D eigenvalue weighted by molar-refractivity contribution is 0.0696. The van der Waals surface area contributed by atoms with Crippen LogP contribution in [0.25, 0.3) is 0 Å². The highest BCUT2D eigenvalue weighted by atomic mass is 16.5. The van der Waals surface area contributed by atoms with Crippen molar-refractivity contribution in [1.82, 2.24) is 0 Å². The van der Waals surface area contributed by atoms with E-state index in [4.69, 9.17) is 9.84 Å². The second-order valence-corrected chi connectivity index (χ2v) is 8.22. The fourth-order valence-corrected chi connectivity index (χ4v) is 3.47. The first-order valence-corrected chi connectivity index (χ1v) is 9.64. The Bertz CT molecular complexity index is 859. The molecule has 0 aromatic heterocycles. The molecule has 28 heavy (non-hydrogen) atoms. The van der Waals surface area contributed by atoms with Crippen LogP contribution in [0.1, 0.15) is 59.9 Å². The van der Waals surface area contributed by atoms with Crippen LogP contribution in [0.2, 0.25) is 0 Å². The summed E-state index contributed by atoms with van der Waals surface area (Å²) in [5.74, 6) is -0.612. The third kappa shape index (κ3) is 4.53. The Kier molecular flexibility index (Phi) is 5.73. The normalized spacial score (nSPS) is 14.2. The number of carbonyl (C=O) groups excluding carboxylic acids is 1. The van der Waals surface area contributed by atoms with Crippen LogP contribution < -0.4 is 9.64 Å². The van der Waals surface area contributed by atoms with E-state index in [1.165, 1.54) is 36.2 Å². The molecule has 2 aromatic carbocycles. The number of rotatable bonds is 6. The van der Waals surface area contributed by atoms with Gasteiger partial charge in [-0.2, -0.15) is 0 Å². The first kappa shape index (κ1) is 19.9. The number of anilines is 1. The summed E-state index contributed by atoms with van der Waals surface area (Å²) in [6.07, 6.45) is 2.41. The molecule has 2 aromatic rings. The molecule has 0 unspecified atom stereocenters. The van der Waals surface area contributed by atoms with E-state index in [0.29, 0.717) is 11.3 Å². The van der Waals surface area contributed by atoms with Crippen molar-refractivity contribution < 1.29 is 19.4 Å². The number of carboxylic acids is 1. The number of benzene rings is 2. The molecule has 0 atom stereocenters. The van der Waals surface area contributed by atoms with E-state index in [9.17, 15) is 9.59 Å². The standard InChI is InChI=1S/C23H27NO4/c1-23(2,3)19-14-17(8-11-20(19)24-12-4-5-13-24)21(25)15-28-18-9-6-16(7-10-18)22(26)27/h6-11,14H,4-5,12-13,15H2,1-3H3,(H,26,27). The fraction of sp³-hybridized carbons (Fsp3) is 0.391. The van der Waals surface area contributed by atoms with E-state index in [2.05, 4.69) is 31.7 Å². The van der Waals surface area contributed by atoms with Crippen molar-refractivity contribution in [3.63, 3.8) is 0 Å². The van der Waals surface area contributed by atoms with Gasteiger partial charge in [0.15, 0.2) is 12.4 Å². The summed E-state index contributed by atoms with van der Waals surface area (Å²) in [6, 6.07) is 12.0. The van der Waals surface area contributed by atoms with Crippen LogP contribution in [0.15, 0.2) is 42.5 Å². The van der Waals surface area contributed by atoms with Gasteiger partial charge in [-0.1, -0.05) is 20.8 Å². The highest BCUT2D eigenvalue weighted by Gasteiger charge is 2.24. The predicted molar refractivity (Wildman–Crippen MR) is 110 cm³/mol. The maximum absolute atomic E-state index is 12.7. The van der Waals surface area contributed by atoms with Gasteiger partial charge in [-0.05, 0) is 66.3 Å². The van der Waals surface area contributed by atoms with Gasteiger partial charge in [-0.15, -0.1) is 0 Å². The second-order valence-electron chi connectivity index (χ2n) is 8.22. The molecule has 1 fully saturated rings. The van der Waals surface area contributed by atoms with E-state index < -0.39 is 5.97 Å². The van der Waals surface area contributed by atoms with E-state index in [-0.39, 0.29) is 23.4 Å². The molecule has 0 aliphatic carbocycles. The van der Waals surface area contributed by atoms with Crippen molar-refractivity contribution >= 4 is 17.4 Å². The smallest absolute Gasteiger partial charge is 0.335 e. The Morgan fingerprint density at radius 1 is 1.00 bits per heavy atom. The second kappa shape index (κ2) is 8.05. The van der Waals surface area contributed by atoms with Crippen LogP contribution >= 0.6 is 0 Å². The maximum Gasteiger partial charge on any atom is 0.335 e. The Morgan fingerprint density at radius 3 is 2.18 bits per heavy atom. The summed E-state index contributed by atoms with van der Waals surface area (Å²) >= 11 is 0. The third-order valence-electron chi connectivity index (χ3n) is 5.04. The Morgan fingerprint density at radius 2 is 1.61 bits per heavy atom. The largest absolute Gasteiger partial charge is 0.485 e. The summed E-state index contributed by atoms with van der Waals surface area (Å²) in [4.78, 5) is 26.0. The molecular weight excluding hydrogens is 354 g/mol. The summed E-state index contributed by atoms with van der Waals surface area (Å²) in [6.45, 7) is 8.53. The molecule has 0 spiro atoms. The molecule has 148 valence electrons. The van der Waals surface area contributed by atoms with Crippen LogP contribution in [-0.2, 0) is 5.41 Å². The van der Waals surface area contributed by atoms with Gasteiger partial charge in [0.2, 0.25) is 0 Å². The lowest BCUT2D eigenvalue weighted by Crippen LogP contribution is -2.24. The SMILES string of the molecule is CC(C)(C)c1cc(C(=O)COc2ccc(C(=O)O)cc2)ccc1N1CCCC1. The van der Waals surface area contributed by atoms with Crippen molar-refractivity contribution in [2.45, 2.75) is 39.0 Å². The zero-order valence-corrected chi connectivity index (χ0v) is 16.7. The lowest BCUT2D eigenvalue weighted by Gasteiger charge is -2.29. The van der Waals surface area contributed by atoms with Gasteiger partial charge < -0.3 is 14.7 Å². The summed E-state index contributed by atoms with van der Waals surface area (Å²) in [7, 11) is 0. The number of aromatic carboxylic acids is 1. The number of Topliss-reactive ketones (excluding diaryl/α,β-unsaturated/α-hetero) is 1. The van der Waals surface area contributed by atoms with Crippen molar-refractivity contribution in [1.29, 1.82) is 0 Å². The minimum absolute atomic E-state index is 0.0677. The van der Waals surface area contributed by atoms with Gasteiger partial charge in [0.05, 0.1) is 5.56 Å². The van der Waals surface area contributed by atoms with Crippen LogP contribution in [-0.4, -0.2) is 36.6 Å². The molecule has 1 N–H and O–H groups in total. The monoisotopic (exact) mass is 381 g/mol. The molecule has 5 heteroatoms. The molecule has 0 bridgehead atoms. The van der Waals surface area contributed by atoms with E-state index in [1.807, 2.05) is 12.1 Å². The molecule has 1 heterocycles. The van der Waals surface area contributed by atoms with E-state index in [0.717, 1.165) is 13.1 Å². The minimum Gasteiger partial charge on any atom is -0.485 e. The Labute approximate surface area is 165 Å². The summed E-state index contributed by atoms with van der Waals surface area (Å²) in [5, 5.41) is 8.94. The van der Waals surface area contributed by atoms with E-state index >= 15 is 0 Å². The number of hydrogen-bond donors (Lipinski definition) is 1. The number of carbonyl (C=O) groups is 2. The number of nitrogens with zero attached hydrogens (tertiary/aromatic N) is 1. The average Bonchev–Trinajstić information content (AvgIpc) is 3.20. The van der Waals surface area contributed by atoms with Gasteiger partial charge in [0.1, 0.15) is 5.75 Å². The first-order valence-electron chi connectivity index (χ1n) is 9.64. The predicted octanol–water partition coefficient (Wildman–Crippen LogP) is 4.54. The third-order valence-corrected chi connectivity index (χ3v) is 5.04. The molecule has 0 radical (unpaired) electrons. The molecular formula is C23H27NO4. The van der Waals surface area contributed by atoms with Crippen LogP contribution in [0, 0.1) is 0 Å². The van der Waals surface area contributed by atoms with Crippen LogP contribution in [0.3, 0.4) is 0 Å². The number of ether oxygens (including phenoxy) is 1. The Balaban J connectivity index is 1.75. The zero-order valence-electron chi connectivity index (χ0n) is 16.7. The minimum atomic E-state index is -0.990. The van der Waals surface area contributed by atoms with Gasteiger partial charge in [0.25, 0.3) is 0 Å². The maximum atomic E-state index is 12.7. The quantitative estimate of drug-likeness (QED) is 0.744. The summed E-state index contributed by atoms with van der Waals surface area (Å²) < 4.78 is 5.56. The molecule has 3 rings (SSSR count). The molecule has 0 saturated carbocycles. The first-order chi connectivity index (χ1) is 13.3. The average molecular weight is 381 g/mol. The Hall–Kier alpha value is -2.82. The van der Waals surface area contributed by atoms with Gasteiger partial charge in [0, 0.05) is 24.3 Å². The van der Waals surface area contributed by atoms with Crippen molar-refractivity contribution in [3.8, 4) is 5.75 Å². The van der Waals surface area contributed by atoms with Gasteiger partial charge in [-0.3, -0.25) is 4.79 Å². The van der Waals surface area contributed by atoms with E-state index in [1.54, 1.807) is 12.1 Å². The molecule has 0 amide bonds.